The number of hydrogen-bond acceptors (Lipinski definition) is 5. The number of fused-ring (bicyclic) bond motifs is 1. The Morgan fingerprint density at radius 1 is 0.921 bits per heavy atom. The zero-order valence-electron chi connectivity index (χ0n) is 24.2. The van der Waals surface area contributed by atoms with Crippen LogP contribution in [0.3, 0.4) is 0 Å². The summed E-state index contributed by atoms with van der Waals surface area (Å²) in [5.74, 6) is 1.34. The molecule has 2 aromatic rings. The SMILES string of the molecule is CCOC(=O)C=Cc1ccc(OC)c(-c2cc3c(cc2OCCN2CCCCC2)C(C)(C)CCC3(C)C)c1. The van der Waals surface area contributed by atoms with E-state index in [-0.39, 0.29) is 16.8 Å². The maximum absolute atomic E-state index is 11.9. The van der Waals surface area contributed by atoms with Crippen molar-refractivity contribution in [1.82, 2.24) is 4.90 Å². The van der Waals surface area contributed by atoms with Gasteiger partial charge in [0.05, 0.1) is 13.7 Å². The minimum absolute atomic E-state index is 0.0700. The van der Waals surface area contributed by atoms with Crippen LogP contribution in [0.1, 0.15) is 83.4 Å². The molecule has 0 spiro atoms. The molecule has 0 saturated carbocycles. The highest BCUT2D eigenvalue weighted by Crippen LogP contribution is 2.50. The van der Waals surface area contributed by atoms with Crippen molar-refractivity contribution >= 4 is 12.0 Å². The van der Waals surface area contributed by atoms with Crippen molar-refractivity contribution in [2.24, 2.45) is 0 Å². The smallest absolute Gasteiger partial charge is 0.330 e. The number of benzene rings is 2. The molecule has 0 aromatic heterocycles. The third kappa shape index (κ3) is 6.43. The molecular weight excluding hydrogens is 474 g/mol. The molecule has 5 heteroatoms. The van der Waals surface area contributed by atoms with E-state index in [2.05, 4.69) is 50.8 Å². The molecule has 1 aliphatic heterocycles. The van der Waals surface area contributed by atoms with Gasteiger partial charge in [0.15, 0.2) is 0 Å². The molecule has 0 amide bonds. The predicted octanol–water partition coefficient (Wildman–Crippen LogP) is 7.15. The molecule has 2 aromatic carbocycles. The van der Waals surface area contributed by atoms with Gasteiger partial charge in [-0.25, -0.2) is 4.79 Å². The molecule has 4 rings (SSSR count). The Balaban J connectivity index is 1.77. The van der Waals surface area contributed by atoms with Crippen molar-refractivity contribution in [3.63, 3.8) is 0 Å². The van der Waals surface area contributed by atoms with E-state index in [4.69, 9.17) is 14.2 Å². The van der Waals surface area contributed by atoms with Gasteiger partial charge in [0.25, 0.3) is 0 Å². The van der Waals surface area contributed by atoms with E-state index in [1.807, 2.05) is 19.1 Å². The first-order valence-corrected chi connectivity index (χ1v) is 14.2. The van der Waals surface area contributed by atoms with Gasteiger partial charge in [-0.3, -0.25) is 4.90 Å². The zero-order chi connectivity index (χ0) is 27.3. The summed E-state index contributed by atoms with van der Waals surface area (Å²) in [6.45, 7) is 15.5. The lowest BCUT2D eigenvalue weighted by Gasteiger charge is -2.42. The van der Waals surface area contributed by atoms with Crippen LogP contribution in [-0.4, -0.2) is 50.8 Å². The molecule has 0 atom stereocenters. The molecule has 1 heterocycles. The number of carbonyl (C=O) groups is 1. The molecule has 2 aliphatic rings. The Labute approximate surface area is 229 Å². The Morgan fingerprint density at radius 2 is 1.58 bits per heavy atom. The van der Waals surface area contributed by atoms with Crippen LogP contribution in [0.25, 0.3) is 17.2 Å². The topological polar surface area (TPSA) is 48.0 Å². The number of methoxy groups -OCH3 is 1. The summed E-state index contributed by atoms with van der Waals surface area (Å²) >= 11 is 0. The maximum atomic E-state index is 11.9. The second-order valence-corrected chi connectivity index (χ2v) is 12.0. The minimum Gasteiger partial charge on any atom is -0.496 e. The lowest BCUT2D eigenvalue weighted by molar-refractivity contribution is -0.137. The van der Waals surface area contributed by atoms with Gasteiger partial charge in [0.2, 0.25) is 0 Å². The summed E-state index contributed by atoms with van der Waals surface area (Å²) in [6, 6.07) is 10.6. The molecule has 38 heavy (non-hydrogen) atoms. The van der Waals surface area contributed by atoms with Crippen LogP contribution in [-0.2, 0) is 20.4 Å². The standard InChI is InChI=1S/C33H45NO4/c1-7-37-31(35)14-12-24-11-13-29(36-6)25(21-24)26-22-27-28(33(4,5)16-15-32(27,2)3)23-30(26)38-20-19-34-17-9-8-10-18-34/h11-14,21-23H,7-10,15-20H2,1-6H3. The second kappa shape index (κ2) is 11.9. The first kappa shape index (κ1) is 28.2. The summed E-state index contributed by atoms with van der Waals surface area (Å²) in [7, 11) is 1.70. The lowest BCUT2D eigenvalue weighted by Crippen LogP contribution is -2.34. The third-order valence-electron chi connectivity index (χ3n) is 8.28. The average Bonchev–Trinajstić information content (AvgIpc) is 2.90. The highest BCUT2D eigenvalue weighted by Gasteiger charge is 2.38. The van der Waals surface area contributed by atoms with Crippen molar-refractivity contribution in [3.8, 4) is 22.6 Å². The largest absolute Gasteiger partial charge is 0.496 e. The number of hydrogen-bond donors (Lipinski definition) is 0. The van der Waals surface area contributed by atoms with Gasteiger partial charge < -0.3 is 14.2 Å². The third-order valence-corrected chi connectivity index (χ3v) is 8.28. The highest BCUT2D eigenvalue weighted by atomic mass is 16.5. The molecule has 0 bridgehead atoms. The van der Waals surface area contributed by atoms with Crippen molar-refractivity contribution < 1.29 is 19.0 Å². The van der Waals surface area contributed by atoms with Crippen LogP contribution < -0.4 is 9.47 Å². The van der Waals surface area contributed by atoms with E-state index in [1.54, 1.807) is 13.2 Å². The van der Waals surface area contributed by atoms with Gasteiger partial charge in [-0.15, -0.1) is 0 Å². The van der Waals surface area contributed by atoms with Crippen molar-refractivity contribution in [3.05, 3.63) is 53.1 Å². The van der Waals surface area contributed by atoms with Crippen LogP contribution in [0.15, 0.2) is 36.4 Å². The predicted molar refractivity (Wildman–Crippen MR) is 155 cm³/mol. The quantitative estimate of drug-likeness (QED) is 0.260. The minimum atomic E-state index is -0.343. The summed E-state index contributed by atoms with van der Waals surface area (Å²) < 4.78 is 17.5. The molecule has 0 radical (unpaired) electrons. The van der Waals surface area contributed by atoms with E-state index < -0.39 is 0 Å². The van der Waals surface area contributed by atoms with Gasteiger partial charge in [0.1, 0.15) is 18.1 Å². The van der Waals surface area contributed by atoms with Crippen LogP contribution in [0.5, 0.6) is 11.5 Å². The number of esters is 1. The number of nitrogens with zero attached hydrogens (tertiary/aromatic N) is 1. The van der Waals surface area contributed by atoms with E-state index in [0.29, 0.717) is 13.2 Å². The Bertz CT molecular complexity index is 1160. The van der Waals surface area contributed by atoms with E-state index in [9.17, 15) is 4.79 Å². The first-order chi connectivity index (χ1) is 18.1. The zero-order valence-corrected chi connectivity index (χ0v) is 24.2. The summed E-state index contributed by atoms with van der Waals surface area (Å²) in [5.41, 5.74) is 5.82. The van der Waals surface area contributed by atoms with Crippen molar-refractivity contribution in [1.29, 1.82) is 0 Å². The molecule has 0 unspecified atom stereocenters. The van der Waals surface area contributed by atoms with Crippen LogP contribution >= 0.6 is 0 Å². The summed E-state index contributed by atoms with van der Waals surface area (Å²) in [5, 5.41) is 0. The Hall–Kier alpha value is -2.79. The summed E-state index contributed by atoms with van der Waals surface area (Å²) in [4.78, 5) is 14.4. The number of likely N-dealkylation sites (tertiary alicyclic amines) is 1. The van der Waals surface area contributed by atoms with Crippen LogP contribution in [0.4, 0.5) is 0 Å². The van der Waals surface area contributed by atoms with Gasteiger partial charge in [-0.1, -0.05) is 40.2 Å². The Morgan fingerprint density at radius 3 is 2.24 bits per heavy atom. The Kier molecular flexibility index (Phi) is 8.87. The molecular formula is C33H45NO4. The highest BCUT2D eigenvalue weighted by molar-refractivity contribution is 5.88. The number of carbonyl (C=O) groups excluding carboxylic acids is 1. The normalized spacial score (nSPS) is 18.7. The number of piperidine rings is 1. The number of ether oxygens (including phenoxy) is 3. The average molecular weight is 520 g/mol. The molecule has 206 valence electrons. The lowest BCUT2D eigenvalue weighted by atomic mass is 9.62. The van der Waals surface area contributed by atoms with E-state index in [1.165, 1.54) is 36.5 Å². The molecule has 1 saturated heterocycles. The van der Waals surface area contributed by atoms with Crippen molar-refractivity contribution in [2.75, 3.05) is 40.0 Å². The molecule has 1 aliphatic carbocycles. The fourth-order valence-electron chi connectivity index (χ4n) is 5.79. The number of rotatable bonds is 9. The fraction of sp³-hybridized carbons (Fsp3) is 0.545. The molecule has 0 N–H and O–H groups in total. The van der Waals surface area contributed by atoms with Gasteiger partial charge >= 0.3 is 5.97 Å². The first-order valence-electron chi connectivity index (χ1n) is 14.2. The van der Waals surface area contributed by atoms with Gasteiger partial charge in [-0.05, 0) is 104 Å². The van der Waals surface area contributed by atoms with Gasteiger partial charge in [-0.2, -0.15) is 0 Å². The fourth-order valence-corrected chi connectivity index (χ4v) is 5.79. The molecule has 5 nitrogen and oxygen atoms in total. The molecule has 1 fully saturated rings. The summed E-state index contributed by atoms with van der Waals surface area (Å²) in [6.07, 6.45) is 9.44. The monoisotopic (exact) mass is 519 g/mol. The van der Waals surface area contributed by atoms with Gasteiger partial charge in [0, 0.05) is 23.7 Å². The van der Waals surface area contributed by atoms with Crippen LogP contribution in [0, 0.1) is 0 Å². The maximum Gasteiger partial charge on any atom is 0.330 e. The van der Waals surface area contributed by atoms with Crippen molar-refractivity contribution in [2.45, 2.75) is 77.6 Å². The second-order valence-electron chi connectivity index (χ2n) is 12.0. The van der Waals surface area contributed by atoms with E-state index >= 15 is 0 Å². The van der Waals surface area contributed by atoms with E-state index in [0.717, 1.165) is 60.7 Å². The van der Waals surface area contributed by atoms with Crippen LogP contribution in [0.2, 0.25) is 0 Å².